The van der Waals surface area contributed by atoms with Crippen molar-refractivity contribution in [1.29, 1.82) is 0 Å². The molecule has 0 unspecified atom stereocenters. The van der Waals surface area contributed by atoms with E-state index in [1.165, 1.54) is 22.7 Å². The number of amides is 1. The Bertz CT molecular complexity index is 618. The highest BCUT2D eigenvalue weighted by atomic mass is 32.2. The van der Waals surface area contributed by atoms with Crippen molar-refractivity contribution in [3.05, 3.63) is 30.1 Å². The Balaban J connectivity index is 2.24. The van der Waals surface area contributed by atoms with E-state index in [0.717, 1.165) is 5.69 Å². The zero-order valence-electron chi connectivity index (χ0n) is 13.1. The number of carbonyl (C=O) groups excluding carboxylic acids is 1. The Hall–Kier alpha value is -1.51. The monoisotopic (exact) mass is 326 g/mol. The molecule has 2 rings (SSSR count). The van der Waals surface area contributed by atoms with Gasteiger partial charge in [0.2, 0.25) is 5.91 Å². The summed E-state index contributed by atoms with van der Waals surface area (Å²) in [5.41, 5.74) is 0.790. The Morgan fingerprint density at radius 3 is 2.64 bits per heavy atom. The molecule has 7 nitrogen and oxygen atoms in total. The highest BCUT2D eigenvalue weighted by Gasteiger charge is 2.35. The molecule has 1 fully saturated rings. The van der Waals surface area contributed by atoms with Crippen molar-refractivity contribution in [3.63, 3.8) is 0 Å². The molecule has 1 aliphatic heterocycles. The molecular formula is C14H22N4O3S. The minimum absolute atomic E-state index is 0.0397. The summed E-state index contributed by atoms with van der Waals surface area (Å²) in [7, 11) is 1.18. The molecule has 0 N–H and O–H groups in total. The fraction of sp³-hybridized carbons (Fsp3) is 0.571. The van der Waals surface area contributed by atoms with Crippen LogP contribution in [0.3, 0.4) is 0 Å². The molecule has 1 aliphatic rings. The molecule has 1 aromatic rings. The maximum Gasteiger partial charge on any atom is 0.281 e. The highest BCUT2D eigenvalue weighted by molar-refractivity contribution is 7.86. The second-order valence-corrected chi connectivity index (χ2v) is 7.77. The normalized spacial score (nSPS) is 21.2. The van der Waals surface area contributed by atoms with Crippen molar-refractivity contribution in [1.82, 2.24) is 18.5 Å². The van der Waals surface area contributed by atoms with Crippen LogP contribution in [0.5, 0.6) is 0 Å². The number of hydrogen-bond donors (Lipinski definition) is 0. The SMILES string of the molecule is CN1CCN(S(=O)(=O)N(C)C)C[C@@H](Cc2ccccn2)C1=O. The standard InChI is InChI=1S/C14H22N4O3S/c1-16(2)22(20,21)18-9-8-17(3)14(19)12(11-18)10-13-6-4-5-7-15-13/h4-7,12H,8-11H2,1-3H3/t12-/m1/s1. The van der Waals surface area contributed by atoms with Crippen LogP contribution >= 0.6 is 0 Å². The van der Waals surface area contributed by atoms with E-state index in [1.807, 2.05) is 18.2 Å². The van der Waals surface area contributed by atoms with Crippen molar-refractivity contribution < 1.29 is 13.2 Å². The quantitative estimate of drug-likeness (QED) is 0.769. The van der Waals surface area contributed by atoms with Gasteiger partial charge in [0.05, 0.1) is 5.92 Å². The van der Waals surface area contributed by atoms with Crippen LogP contribution in [-0.2, 0) is 21.4 Å². The number of nitrogens with zero attached hydrogens (tertiary/aromatic N) is 4. The number of aromatic nitrogens is 1. The molecular weight excluding hydrogens is 304 g/mol. The summed E-state index contributed by atoms with van der Waals surface area (Å²) in [6.07, 6.45) is 2.11. The molecule has 8 heteroatoms. The van der Waals surface area contributed by atoms with E-state index >= 15 is 0 Å². The van der Waals surface area contributed by atoms with Crippen molar-refractivity contribution in [2.45, 2.75) is 6.42 Å². The van der Waals surface area contributed by atoms with E-state index < -0.39 is 16.1 Å². The van der Waals surface area contributed by atoms with Crippen LogP contribution in [0.2, 0.25) is 0 Å². The Labute approximate surface area is 131 Å². The van der Waals surface area contributed by atoms with Gasteiger partial charge in [0, 0.05) is 59.1 Å². The first-order valence-electron chi connectivity index (χ1n) is 7.15. The molecule has 1 saturated heterocycles. The van der Waals surface area contributed by atoms with E-state index in [2.05, 4.69) is 4.98 Å². The van der Waals surface area contributed by atoms with Crippen molar-refractivity contribution in [2.75, 3.05) is 40.8 Å². The maximum atomic E-state index is 12.5. The number of rotatable bonds is 4. The van der Waals surface area contributed by atoms with Gasteiger partial charge < -0.3 is 4.90 Å². The number of carbonyl (C=O) groups is 1. The maximum absolute atomic E-state index is 12.5. The van der Waals surface area contributed by atoms with Gasteiger partial charge in [-0.3, -0.25) is 9.78 Å². The Morgan fingerprint density at radius 1 is 1.32 bits per heavy atom. The Morgan fingerprint density at radius 2 is 2.05 bits per heavy atom. The third-order valence-electron chi connectivity index (χ3n) is 3.80. The molecule has 0 spiro atoms. The third kappa shape index (κ3) is 3.63. The second kappa shape index (κ2) is 6.72. The molecule has 0 bridgehead atoms. The minimum Gasteiger partial charge on any atom is -0.344 e. The Kier molecular flexibility index (Phi) is 5.15. The van der Waals surface area contributed by atoms with Gasteiger partial charge in [-0.05, 0) is 12.1 Å². The summed E-state index contributed by atoms with van der Waals surface area (Å²) in [4.78, 5) is 18.3. The predicted octanol–water partition coefficient (Wildman–Crippen LogP) is -0.179. The van der Waals surface area contributed by atoms with Gasteiger partial charge >= 0.3 is 0 Å². The van der Waals surface area contributed by atoms with Crippen LogP contribution in [0.25, 0.3) is 0 Å². The summed E-state index contributed by atoms with van der Waals surface area (Å²) in [6, 6.07) is 5.53. The van der Waals surface area contributed by atoms with E-state index in [0.29, 0.717) is 19.5 Å². The molecule has 1 amide bonds. The lowest BCUT2D eigenvalue weighted by atomic mass is 10.0. The topological polar surface area (TPSA) is 73.8 Å². The zero-order chi connectivity index (χ0) is 16.3. The second-order valence-electron chi connectivity index (χ2n) is 5.63. The molecule has 0 aromatic carbocycles. The minimum atomic E-state index is -3.53. The molecule has 122 valence electrons. The average molecular weight is 326 g/mol. The summed E-state index contributed by atoms with van der Waals surface area (Å²) < 4.78 is 27.3. The van der Waals surface area contributed by atoms with E-state index in [-0.39, 0.29) is 12.5 Å². The summed E-state index contributed by atoms with van der Waals surface area (Å²) in [6.45, 7) is 0.881. The van der Waals surface area contributed by atoms with Crippen LogP contribution < -0.4 is 0 Å². The first-order valence-corrected chi connectivity index (χ1v) is 8.54. The molecule has 0 saturated carbocycles. The fourth-order valence-corrected chi connectivity index (χ4v) is 3.60. The molecule has 0 aliphatic carbocycles. The predicted molar refractivity (Wildman–Crippen MR) is 83.2 cm³/mol. The summed E-state index contributed by atoms with van der Waals surface area (Å²) >= 11 is 0. The highest BCUT2D eigenvalue weighted by Crippen LogP contribution is 2.18. The number of hydrogen-bond acceptors (Lipinski definition) is 4. The molecule has 22 heavy (non-hydrogen) atoms. The smallest absolute Gasteiger partial charge is 0.281 e. The molecule has 1 atom stereocenters. The lowest BCUT2D eigenvalue weighted by molar-refractivity contribution is -0.133. The number of pyridine rings is 1. The third-order valence-corrected chi connectivity index (χ3v) is 5.71. The molecule has 2 heterocycles. The first-order chi connectivity index (χ1) is 10.3. The fourth-order valence-electron chi connectivity index (χ4n) is 2.46. The van der Waals surface area contributed by atoms with Gasteiger partial charge in [-0.15, -0.1) is 0 Å². The van der Waals surface area contributed by atoms with Crippen molar-refractivity contribution in [3.8, 4) is 0 Å². The lowest BCUT2D eigenvalue weighted by Crippen LogP contribution is -2.43. The lowest BCUT2D eigenvalue weighted by Gasteiger charge is -2.25. The van der Waals surface area contributed by atoms with Crippen LogP contribution in [0, 0.1) is 5.92 Å². The molecule has 0 radical (unpaired) electrons. The van der Waals surface area contributed by atoms with Crippen molar-refractivity contribution in [2.24, 2.45) is 5.92 Å². The average Bonchev–Trinajstić information content (AvgIpc) is 2.62. The van der Waals surface area contributed by atoms with Gasteiger partial charge in [-0.1, -0.05) is 6.07 Å². The van der Waals surface area contributed by atoms with Gasteiger partial charge in [0.25, 0.3) is 10.2 Å². The van der Waals surface area contributed by atoms with Gasteiger partial charge in [0.15, 0.2) is 0 Å². The number of likely N-dealkylation sites (N-methyl/N-ethyl adjacent to an activating group) is 1. The van der Waals surface area contributed by atoms with Crippen molar-refractivity contribution >= 4 is 16.1 Å². The van der Waals surface area contributed by atoms with E-state index in [4.69, 9.17) is 0 Å². The van der Waals surface area contributed by atoms with Gasteiger partial charge in [-0.2, -0.15) is 17.0 Å². The van der Waals surface area contributed by atoms with Crippen LogP contribution in [0.15, 0.2) is 24.4 Å². The zero-order valence-corrected chi connectivity index (χ0v) is 14.0. The largest absolute Gasteiger partial charge is 0.344 e. The summed E-state index contributed by atoms with van der Waals surface area (Å²) in [5.74, 6) is -0.459. The first kappa shape index (κ1) is 16.9. The van der Waals surface area contributed by atoms with Crippen LogP contribution in [0.4, 0.5) is 0 Å². The van der Waals surface area contributed by atoms with Crippen LogP contribution in [-0.4, -0.2) is 73.6 Å². The van der Waals surface area contributed by atoms with Crippen LogP contribution in [0.1, 0.15) is 5.69 Å². The van der Waals surface area contributed by atoms with Gasteiger partial charge in [-0.25, -0.2) is 0 Å². The summed E-state index contributed by atoms with van der Waals surface area (Å²) in [5, 5.41) is 0. The van der Waals surface area contributed by atoms with Gasteiger partial charge in [0.1, 0.15) is 0 Å². The van der Waals surface area contributed by atoms with E-state index in [1.54, 1.807) is 18.1 Å². The molecule has 1 aromatic heterocycles. The van der Waals surface area contributed by atoms with E-state index in [9.17, 15) is 13.2 Å².